The van der Waals surface area contributed by atoms with Crippen LogP contribution in [0.15, 0.2) is 0 Å². The van der Waals surface area contributed by atoms with Gasteiger partial charge in [-0.25, -0.2) is 0 Å². The predicted octanol–water partition coefficient (Wildman–Crippen LogP) is -7.57. The van der Waals surface area contributed by atoms with Crippen LogP contribution in [0.4, 0.5) is 0 Å². The van der Waals surface area contributed by atoms with E-state index in [2.05, 4.69) is 0 Å². The summed E-state index contributed by atoms with van der Waals surface area (Å²) in [6.45, 7) is -2.02. The molecule has 15 atom stereocenters. The predicted molar refractivity (Wildman–Crippen MR) is 101 cm³/mol. The van der Waals surface area contributed by atoms with Crippen LogP contribution in [-0.2, 0) is 23.7 Å². The minimum atomic E-state index is -1.92. The number of hydrogen-bond acceptors (Lipinski definition) is 16. The molecule has 3 rings (SSSR count). The van der Waals surface area contributed by atoms with E-state index in [1.807, 2.05) is 0 Å². The van der Waals surface area contributed by atoms with Crippen LogP contribution in [0.2, 0.25) is 0 Å². The van der Waals surface area contributed by atoms with Crippen LogP contribution >= 0.6 is 0 Å². The van der Waals surface area contributed by atoms with Gasteiger partial charge in [-0.3, -0.25) is 0 Å². The van der Waals surface area contributed by atoms with E-state index in [1.54, 1.807) is 0 Å². The molecule has 0 amide bonds. The van der Waals surface area contributed by atoms with Gasteiger partial charge in [0.05, 0.1) is 19.8 Å². The van der Waals surface area contributed by atoms with Gasteiger partial charge in [-0.05, 0) is 0 Å². The van der Waals surface area contributed by atoms with Crippen molar-refractivity contribution >= 4 is 0 Å². The maximum atomic E-state index is 10.4. The average Bonchev–Trinajstić information content (AvgIpc) is 2.82. The molecule has 3 fully saturated rings. The molecule has 0 aromatic carbocycles. The summed E-state index contributed by atoms with van der Waals surface area (Å²) in [5, 5.41) is 109. The van der Waals surface area contributed by atoms with Crippen molar-refractivity contribution in [2.75, 3.05) is 19.8 Å². The summed E-state index contributed by atoms with van der Waals surface area (Å²) in [5.74, 6) is 0. The number of aliphatic hydroxyl groups excluding tert-OH is 11. The summed E-state index contributed by atoms with van der Waals surface area (Å²) in [6, 6.07) is 0. The molecular formula is C18H32O16. The molecule has 200 valence electrons. The van der Waals surface area contributed by atoms with Gasteiger partial charge < -0.3 is 79.9 Å². The van der Waals surface area contributed by atoms with Gasteiger partial charge in [0.25, 0.3) is 0 Å². The topological polar surface area (TPSA) is 269 Å². The van der Waals surface area contributed by atoms with Crippen LogP contribution in [-0.4, -0.2) is 168 Å². The molecule has 11 N–H and O–H groups in total. The molecule has 0 aromatic rings. The highest BCUT2D eigenvalue weighted by Gasteiger charge is 2.51. The molecular weight excluding hydrogens is 472 g/mol. The summed E-state index contributed by atoms with van der Waals surface area (Å²) in [4.78, 5) is 0. The molecule has 0 aromatic heterocycles. The zero-order valence-electron chi connectivity index (χ0n) is 17.7. The van der Waals surface area contributed by atoms with Gasteiger partial charge >= 0.3 is 0 Å². The Balaban J connectivity index is 1.59. The lowest BCUT2D eigenvalue weighted by Crippen LogP contribution is -2.64. The molecule has 0 radical (unpaired) electrons. The van der Waals surface area contributed by atoms with E-state index >= 15 is 0 Å². The van der Waals surface area contributed by atoms with Crippen molar-refractivity contribution in [1.29, 1.82) is 0 Å². The third-order valence-electron chi connectivity index (χ3n) is 6.08. The Morgan fingerprint density at radius 3 is 1.50 bits per heavy atom. The Kier molecular flexibility index (Phi) is 9.54. The first-order valence-corrected chi connectivity index (χ1v) is 10.6. The highest BCUT2D eigenvalue weighted by molar-refractivity contribution is 4.94. The average molecular weight is 504 g/mol. The van der Waals surface area contributed by atoms with E-state index in [4.69, 9.17) is 23.7 Å². The quantitative estimate of drug-likeness (QED) is 0.154. The molecule has 0 spiro atoms. The van der Waals surface area contributed by atoms with E-state index in [0.29, 0.717) is 0 Å². The Labute approximate surface area is 192 Å². The molecule has 3 aliphatic heterocycles. The van der Waals surface area contributed by atoms with Crippen molar-refractivity contribution < 1.29 is 79.9 Å². The van der Waals surface area contributed by atoms with Crippen LogP contribution in [0.5, 0.6) is 0 Å². The first-order valence-electron chi connectivity index (χ1n) is 10.6. The summed E-state index contributed by atoms with van der Waals surface area (Å²) in [5.41, 5.74) is 0. The SMILES string of the molecule is OC[C@H]1O[C@@H](OC[C@H]2OC(O)[C@H](O[C@@H]3O[C@H](CO)[C@@H](O)[C@H](O)[C@H]3O)[C@@H](O)[C@@H]2O)[C@H](O)[C@@H](O)[C@@H]1O. The Bertz CT molecular complexity index is 635. The molecule has 16 heteroatoms. The zero-order chi connectivity index (χ0) is 25.3. The molecule has 0 bridgehead atoms. The minimum Gasteiger partial charge on any atom is -0.394 e. The van der Waals surface area contributed by atoms with Gasteiger partial charge in [-0.15, -0.1) is 0 Å². The van der Waals surface area contributed by atoms with Crippen molar-refractivity contribution in [3.63, 3.8) is 0 Å². The fourth-order valence-corrected chi connectivity index (χ4v) is 3.94. The molecule has 3 saturated heterocycles. The van der Waals surface area contributed by atoms with E-state index in [-0.39, 0.29) is 0 Å². The second-order valence-corrected chi connectivity index (χ2v) is 8.37. The van der Waals surface area contributed by atoms with Gasteiger partial charge in [-0.1, -0.05) is 0 Å². The Morgan fingerprint density at radius 1 is 0.500 bits per heavy atom. The van der Waals surface area contributed by atoms with Crippen molar-refractivity contribution in [1.82, 2.24) is 0 Å². The largest absolute Gasteiger partial charge is 0.394 e. The van der Waals surface area contributed by atoms with Crippen LogP contribution in [0.25, 0.3) is 0 Å². The van der Waals surface area contributed by atoms with Crippen molar-refractivity contribution in [2.24, 2.45) is 0 Å². The smallest absolute Gasteiger partial charge is 0.187 e. The van der Waals surface area contributed by atoms with Crippen LogP contribution < -0.4 is 0 Å². The third kappa shape index (κ3) is 5.52. The second-order valence-electron chi connectivity index (χ2n) is 8.37. The molecule has 0 saturated carbocycles. The van der Waals surface area contributed by atoms with Gasteiger partial charge in [0.15, 0.2) is 18.9 Å². The fraction of sp³-hybridized carbons (Fsp3) is 1.00. The normalized spacial score (nSPS) is 52.5. The lowest BCUT2D eigenvalue weighted by molar-refractivity contribution is -0.366. The molecule has 3 heterocycles. The lowest BCUT2D eigenvalue weighted by atomic mass is 9.97. The van der Waals surface area contributed by atoms with Crippen LogP contribution in [0.1, 0.15) is 0 Å². The van der Waals surface area contributed by atoms with Crippen molar-refractivity contribution in [3.05, 3.63) is 0 Å². The second kappa shape index (κ2) is 11.6. The van der Waals surface area contributed by atoms with Crippen molar-refractivity contribution in [2.45, 2.75) is 92.1 Å². The number of rotatable bonds is 7. The van der Waals surface area contributed by atoms with E-state index in [1.165, 1.54) is 0 Å². The monoisotopic (exact) mass is 504 g/mol. The summed E-state index contributed by atoms with van der Waals surface area (Å²) in [6.07, 6.45) is -24.8. The van der Waals surface area contributed by atoms with Crippen LogP contribution in [0, 0.1) is 0 Å². The van der Waals surface area contributed by atoms with E-state index in [9.17, 15) is 56.2 Å². The maximum absolute atomic E-state index is 10.4. The van der Waals surface area contributed by atoms with Gasteiger partial charge in [0.2, 0.25) is 0 Å². The first kappa shape index (κ1) is 27.9. The Morgan fingerprint density at radius 2 is 0.971 bits per heavy atom. The third-order valence-corrected chi connectivity index (χ3v) is 6.08. The number of aliphatic hydroxyl groups is 11. The van der Waals surface area contributed by atoms with Crippen LogP contribution in [0.3, 0.4) is 0 Å². The Hall–Kier alpha value is -0.640. The molecule has 0 aliphatic carbocycles. The molecule has 16 nitrogen and oxygen atoms in total. The zero-order valence-corrected chi connectivity index (χ0v) is 17.7. The van der Waals surface area contributed by atoms with Gasteiger partial charge in [0.1, 0.15) is 73.2 Å². The standard InChI is InChI=1S/C18H32O16/c19-1-4-7(21)10(24)13(27)17(32-4)30-3-6-9(23)12(26)15(16(29)31-6)34-18-14(28)11(25)8(22)5(2-20)33-18/h4-29H,1-3H2/t4-,5-,6-,7-,8-,9-,10+,11+,12+,13-,14-,15-,16?,17-,18+/m1/s1. The summed E-state index contributed by atoms with van der Waals surface area (Å²) in [7, 11) is 0. The first-order chi connectivity index (χ1) is 16.0. The molecule has 3 aliphatic rings. The summed E-state index contributed by atoms with van der Waals surface area (Å²) < 4.78 is 26.0. The lowest BCUT2D eigenvalue weighted by Gasteiger charge is -2.45. The molecule has 34 heavy (non-hydrogen) atoms. The fourth-order valence-electron chi connectivity index (χ4n) is 3.94. The highest BCUT2D eigenvalue weighted by atomic mass is 16.7. The maximum Gasteiger partial charge on any atom is 0.187 e. The number of ether oxygens (including phenoxy) is 5. The number of hydrogen-bond donors (Lipinski definition) is 11. The van der Waals surface area contributed by atoms with Gasteiger partial charge in [-0.2, -0.15) is 0 Å². The minimum absolute atomic E-state index is 0.593. The highest BCUT2D eigenvalue weighted by Crippen LogP contribution is 2.29. The summed E-state index contributed by atoms with van der Waals surface area (Å²) >= 11 is 0. The van der Waals surface area contributed by atoms with E-state index < -0.39 is 112 Å². The molecule has 1 unspecified atom stereocenters. The van der Waals surface area contributed by atoms with Gasteiger partial charge in [0, 0.05) is 0 Å². The van der Waals surface area contributed by atoms with Crippen molar-refractivity contribution in [3.8, 4) is 0 Å². The van der Waals surface area contributed by atoms with E-state index in [0.717, 1.165) is 0 Å².